The first kappa shape index (κ1) is 14.3. The topological polar surface area (TPSA) is 37.8 Å². The SMILES string of the molecule is CNC1CC(C)(C)Cc2nc(C3CCCCS3)ncc21. The Morgan fingerprint density at radius 1 is 1.35 bits per heavy atom. The van der Waals surface area contributed by atoms with Gasteiger partial charge in [0, 0.05) is 23.5 Å². The van der Waals surface area contributed by atoms with Crippen LogP contribution in [0.5, 0.6) is 0 Å². The standard InChI is InChI=1S/C16H25N3S/c1-16(2)8-12(17-3)11-10-18-15(19-13(11)9-16)14-6-4-5-7-20-14/h10,12,14,17H,4-9H2,1-3H3. The van der Waals surface area contributed by atoms with E-state index >= 15 is 0 Å². The Morgan fingerprint density at radius 2 is 2.20 bits per heavy atom. The second kappa shape index (κ2) is 5.64. The van der Waals surface area contributed by atoms with Crippen molar-refractivity contribution in [1.82, 2.24) is 15.3 Å². The second-order valence-electron chi connectivity index (χ2n) is 6.87. The minimum absolute atomic E-state index is 0.325. The lowest BCUT2D eigenvalue weighted by Gasteiger charge is -2.36. The van der Waals surface area contributed by atoms with Gasteiger partial charge in [-0.1, -0.05) is 20.3 Å². The Labute approximate surface area is 126 Å². The van der Waals surface area contributed by atoms with Crippen LogP contribution >= 0.6 is 11.8 Å². The third-order valence-corrected chi connectivity index (χ3v) is 5.89. The Bertz CT molecular complexity index is 481. The van der Waals surface area contributed by atoms with Gasteiger partial charge in [0.05, 0.1) is 5.25 Å². The lowest BCUT2D eigenvalue weighted by atomic mass is 9.74. The second-order valence-corrected chi connectivity index (χ2v) is 8.18. The molecule has 0 saturated carbocycles. The highest BCUT2D eigenvalue weighted by Gasteiger charge is 2.33. The van der Waals surface area contributed by atoms with E-state index in [4.69, 9.17) is 4.98 Å². The monoisotopic (exact) mass is 291 g/mol. The van der Waals surface area contributed by atoms with Crippen LogP contribution in [0.4, 0.5) is 0 Å². The maximum atomic E-state index is 4.96. The fourth-order valence-corrected chi connectivity index (χ4v) is 4.67. The van der Waals surface area contributed by atoms with E-state index in [2.05, 4.69) is 30.3 Å². The Balaban J connectivity index is 1.91. The molecule has 2 heterocycles. The average Bonchev–Trinajstić information content (AvgIpc) is 2.45. The van der Waals surface area contributed by atoms with E-state index in [-0.39, 0.29) is 0 Å². The summed E-state index contributed by atoms with van der Waals surface area (Å²) in [6.45, 7) is 4.69. The van der Waals surface area contributed by atoms with Crippen molar-refractivity contribution in [3.63, 3.8) is 0 Å². The highest BCUT2D eigenvalue weighted by Crippen LogP contribution is 2.41. The van der Waals surface area contributed by atoms with Gasteiger partial charge < -0.3 is 5.32 Å². The molecule has 1 N–H and O–H groups in total. The molecule has 2 unspecified atom stereocenters. The molecule has 0 radical (unpaired) electrons. The maximum Gasteiger partial charge on any atom is 0.141 e. The zero-order chi connectivity index (χ0) is 14.2. The van der Waals surface area contributed by atoms with E-state index in [1.807, 2.05) is 18.8 Å². The number of hydrogen-bond acceptors (Lipinski definition) is 4. The van der Waals surface area contributed by atoms with Crippen LogP contribution in [-0.4, -0.2) is 22.8 Å². The summed E-state index contributed by atoms with van der Waals surface area (Å²) in [6, 6.07) is 0.404. The van der Waals surface area contributed by atoms with Gasteiger partial charge in [-0.15, -0.1) is 0 Å². The molecule has 4 heteroatoms. The number of fused-ring (bicyclic) bond motifs is 1. The van der Waals surface area contributed by atoms with E-state index in [9.17, 15) is 0 Å². The fraction of sp³-hybridized carbons (Fsp3) is 0.750. The molecule has 110 valence electrons. The molecule has 0 bridgehead atoms. The number of rotatable bonds is 2. The van der Waals surface area contributed by atoms with Crippen molar-refractivity contribution in [2.24, 2.45) is 5.41 Å². The largest absolute Gasteiger partial charge is 0.313 e. The minimum atomic E-state index is 0.325. The quantitative estimate of drug-likeness (QED) is 0.902. The molecule has 1 aromatic heterocycles. The summed E-state index contributed by atoms with van der Waals surface area (Å²) in [7, 11) is 2.04. The first-order valence-electron chi connectivity index (χ1n) is 7.74. The normalized spacial score (nSPS) is 28.9. The Hall–Kier alpha value is -0.610. The Morgan fingerprint density at radius 3 is 2.90 bits per heavy atom. The van der Waals surface area contributed by atoms with Gasteiger partial charge in [0.25, 0.3) is 0 Å². The van der Waals surface area contributed by atoms with Crippen molar-refractivity contribution in [2.45, 2.75) is 57.2 Å². The molecule has 0 aromatic carbocycles. The molecule has 3 rings (SSSR count). The molecule has 1 saturated heterocycles. The van der Waals surface area contributed by atoms with Gasteiger partial charge in [-0.2, -0.15) is 11.8 Å². The van der Waals surface area contributed by atoms with Crippen LogP contribution < -0.4 is 5.32 Å². The summed E-state index contributed by atoms with van der Waals surface area (Å²) in [4.78, 5) is 9.65. The molecule has 1 aliphatic carbocycles. The predicted molar refractivity (Wildman–Crippen MR) is 85.0 cm³/mol. The molecule has 1 aromatic rings. The van der Waals surface area contributed by atoms with Gasteiger partial charge in [-0.05, 0) is 43.9 Å². The number of nitrogens with one attached hydrogen (secondary N) is 1. The zero-order valence-electron chi connectivity index (χ0n) is 12.8. The summed E-state index contributed by atoms with van der Waals surface area (Å²) >= 11 is 2.03. The first-order chi connectivity index (χ1) is 9.59. The molecule has 2 atom stereocenters. The molecule has 2 aliphatic rings. The molecule has 0 amide bonds. The zero-order valence-corrected chi connectivity index (χ0v) is 13.6. The van der Waals surface area contributed by atoms with Crippen molar-refractivity contribution >= 4 is 11.8 Å². The first-order valence-corrected chi connectivity index (χ1v) is 8.78. The minimum Gasteiger partial charge on any atom is -0.313 e. The summed E-state index contributed by atoms with van der Waals surface area (Å²) in [6.07, 6.45) is 8.24. The highest BCUT2D eigenvalue weighted by molar-refractivity contribution is 7.99. The van der Waals surface area contributed by atoms with Gasteiger partial charge in [-0.25, -0.2) is 9.97 Å². The van der Waals surface area contributed by atoms with Crippen molar-refractivity contribution in [2.75, 3.05) is 12.8 Å². The van der Waals surface area contributed by atoms with Crippen LogP contribution in [0.2, 0.25) is 0 Å². The van der Waals surface area contributed by atoms with Crippen molar-refractivity contribution in [1.29, 1.82) is 0 Å². The number of nitrogens with zero attached hydrogens (tertiary/aromatic N) is 2. The van der Waals surface area contributed by atoms with E-state index in [1.54, 1.807) is 0 Å². The molecule has 3 nitrogen and oxygen atoms in total. The summed E-state index contributed by atoms with van der Waals surface area (Å²) in [5.41, 5.74) is 2.92. The van der Waals surface area contributed by atoms with Gasteiger partial charge in [0.15, 0.2) is 0 Å². The van der Waals surface area contributed by atoms with Crippen LogP contribution in [0.15, 0.2) is 6.20 Å². The van der Waals surface area contributed by atoms with Gasteiger partial charge >= 0.3 is 0 Å². The molecular weight excluding hydrogens is 266 g/mol. The lowest BCUT2D eigenvalue weighted by Crippen LogP contribution is -2.33. The number of thioether (sulfide) groups is 1. The summed E-state index contributed by atoms with van der Waals surface area (Å²) < 4.78 is 0. The molecular formula is C16H25N3S. The highest BCUT2D eigenvalue weighted by atomic mass is 32.2. The van der Waals surface area contributed by atoms with Crippen LogP contribution in [0.25, 0.3) is 0 Å². The molecule has 0 spiro atoms. The van der Waals surface area contributed by atoms with Crippen LogP contribution in [0.1, 0.15) is 67.9 Å². The van der Waals surface area contributed by atoms with Crippen molar-refractivity contribution in [3.05, 3.63) is 23.3 Å². The molecule has 1 aliphatic heterocycles. The average molecular weight is 291 g/mol. The molecule has 20 heavy (non-hydrogen) atoms. The van der Waals surface area contributed by atoms with Crippen molar-refractivity contribution in [3.8, 4) is 0 Å². The Kier molecular flexibility index (Phi) is 4.04. The lowest BCUT2D eigenvalue weighted by molar-refractivity contribution is 0.259. The number of aromatic nitrogens is 2. The third kappa shape index (κ3) is 2.86. The van der Waals surface area contributed by atoms with E-state index in [0.717, 1.165) is 18.7 Å². The predicted octanol–water partition coefficient (Wildman–Crippen LogP) is 3.67. The third-order valence-electron chi connectivity index (χ3n) is 4.51. The summed E-state index contributed by atoms with van der Waals surface area (Å²) in [5, 5.41) is 3.95. The van der Waals surface area contributed by atoms with Gasteiger partial charge in [0.2, 0.25) is 0 Å². The van der Waals surface area contributed by atoms with E-state index < -0.39 is 0 Å². The van der Waals surface area contributed by atoms with Crippen molar-refractivity contribution < 1.29 is 0 Å². The number of hydrogen-bond donors (Lipinski definition) is 1. The van der Waals surface area contributed by atoms with Crippen LogP contribution in [-0.2, 0) is 6.42 Å². The fourth-order valence-electron chi connectivity index (χ4n) is 3.42. The van der Waals surface area contributed by atoms with E-state index in [1.165, 1.54) is 36.3 Å². The smallest absolute Gasteiger partial charge is 0.141 e. The maximum absolute atomic E-state index is 4.96. The summed E-state index contributed by atoms with van der Waals surface area (Å²) in [5.74, 6) is 2.33. The van der Waals surface area contributed by atoms with Gasteiger partial charge in [0.1, 0.15) is 5.82 Å². The van der Waals surface area contributed by atoms with Gasteiger partial charge in [-0.3, -0.25) is 0 Å². The van der Waals surface area contributed by atoms with E-state index in [0.29, 0.717) is 16.7 Å². The van der Waals surface area contributed by atoms with Crippen LogP contribution in [0.3, 0.4) is 0 Å². The molecule has 1 fully saturated rings. The van der Waals surface area contributed by atoms with Crippen LogP contribution in [0, 0.1) is 5.41 Å².